The Morgan fingerprint density at radius 3 is 1.28 bits per heavy atom. The molecule has 8 atom stereocenters. The van der Waals surface area contributed by atoms with Gasteiger partial charge in [0.05, 0.1) is 14.2 Å². The molecule has 8 unspecified atom stereocenters. The molecule has 4 rings (SSSR count). The number of esters is 2. The van der Waals surface area contributed by atoms with E-state index < -0.39 is 29.5 Å². The third kappa shape index (κ3) is 11.7. The van der Waals surface area contributed by atoms with Crippen molar-refractivity contribution >= 4 is 11.9 Å². The van der Waals surface area contributed by atoms with Gasteiger partial charge in [-0.05, 0) is 108 Å². The van der Waals surface area contributed by atoms with E-state index in [0.717, 1.165) is 58.4 Å². The number of alkyl halides is 6. The van der Waals surface area contributed by atoms with Crippen LogP contribution in [0.25, 0.3) is 0 Å². The van der Waals surface area contributed by atoms with Crippen LogP contribution in [0.4, 0.5) is 26.3 Å². The van der Waals surface area contributed by atoms with Gasteiger partial charge in [-0.1, -0.05) is 26.0 Å². The van der Waals surface area contributed by atoms with Crippen LogP contribution in [0.3, 0.4) is 0 Å². The summed E-state index contributed by atoms with van der Waals surface area (Å²) in [4.78, 5) is 20.0. The molecule has 43 heavy (non-hydrogen) atoms. The third-order valence-electron chi connectivity index (χ3n) is 9.21. The Balaban J connectivity index is 0.000000311. The van der Waals surface area contributed by atoms with Crippen LogP contribution in [0.5, 0.6) is 0 Å². The molecular weight excluding hydrogens is 582 g/mol. The quantitative estimate of drug-likeness (QED) is 0.181. The van der Waals surface area contributed by atoms with Crippen molar-refractivity contribution in [2.45, 2.75) is 109 Å². The highest BCUT2D eigenvalue weighted by molar-refractivity contribution is 5.86. The van der Waals surface area contributed by atoms with E-state index in [9.17, 15) is 46.1 Å². The smallest absolute Gasteiger partial charge is 0.416 e. The maximum atomic E-state index is 12.5. The Kier molecular flexibility index (Phi) is 14.3. The molecular formula is C31H48F6O6. The first kappa shape index (κ1) is 38.9. The van der Waals surface area contributed by atoms with Gasteiger partial charge in [0, 0.05) is 11.6 Å². The number of halogens is 6. The van der Waals surface area contributed by atoms with Crippen molar-refractivity contribution in [3.63, 3.8) is 0 Å². The molecule has 4 bridgehead atoms. The number of carbonyl (C=O) groups excluding carboxylic acids is 2. The fourth-order valence-electron chi connectivity index (χ4n) is 6.76. The largest absolute Gasteiger partial charge is 0.466 e. The molecule has 0 aromatic rings. The van der Waals surface area contributed by atoms with E-state index in [-0.39, 0.29) is 30.6 Å². The first-order valence-corrected chi connectivity index (χ1v) is 14.6. The number of ether oxygens (including phenoxy) is 2. The van der Waals surface area contributed by atoms with Gasteiger partial charge in [-0.2, -0.15) is 26.3 Å². The monoisotopic (exact) mass is 630 g/mol. The van der Waals surface area contributed by atoms with Crippen LogP contribution in [-0.4, -0.2) is 59.9 Å². The number of hydrogen-bond donors (Lipinski definition) is 2. The maximum absolute atomic E-state index is 12.5. The lowest BCUT2D eigenvalue weighted by Crippen LogP contribution is -2.44. The van der Waals surface area contributed by atoms with Gasteiger partial charge in [0.25, 0.3) is 0 Å². The molecule has 0 aromatic heterocycles. The number of aliphatic hydroxyl groups is 2. The standard InChI is InChI=1S/2C11H17F3O.C5H8O2.C4H6O2/c2*1-10(15,11(12,13)14)6-9-5-7-2-3-8(9)4-7;1-4(2)5(6)7-3;1-3-4(5)6-2/h2*7-9,15H,2-6H2,1H3;1H2,2-3H3;3H,1H2,2H3. The predicted molar refractivity (Wildman–Crippen MR) is 150 cm³/mol. The molecule has 0 amide bonds. The van der Waals surface area contributed by atoms with Crippen molar-refractivity contribution in [2.75, 3.05) is 14.2 Å². The molecule has 4 fully saturated rings. The molecule has 4 aliphatic rings. The number of methoxy groups -OCH3 is 2. The zero-order chi connectivity index (χ0) is 33.4. The highest BCUT2D eigenvalue weighted by atomic mass is 19.4. The molecule has 4 aliphatic carbocycles. The lowest BCUT2D eigenvalue weighted by atomic mass is 9.80. The fourth-order valence-corrected chi connectivity index (χ4v) is 6.76. The van der Waals surface area contributed by atoms with Crippen molar-refractivity contribution in [3.8, 4) is 0 Å². The second kappa shape index (κ2) is 15.8. The summed E-state index contributed by atoms with van der Waals surface area (Å²) in [5, 5.41) is 18.8. The Hall–Kier alpha value is -2.08. The third-order valence-corrected chi connectivity index (χ3v) is 9.21. The van der Waals surface area contributed by atoms with Crippen LogP contribution in [0.15, 0.2) is 24.8 Å². The van der Waals surface area contributed by atoms with Crippen molar-refractivity contribution in [3.05, 3.63) is 24.8 Å². The minimum Gasteiger partial charge on any atom is -0.466 e. The molecule has 0 aromatic carbocycles. The summed E-state index contributed by atoms with van der Waals surface area (Å²) < 4.78 is 83.3. The summed E-state index contributed by atoms with van der Waals surface area (Å²) in [5.41, 5.74) is -4.56. The van der Waals surface area contributed by atoms with Crippen LogP contribution in [0.1, 0.15) is 85.0 Å². The molecule has 0 heterocycles. The van der Waals surface area contributed by atoms with E-state index in [1.54, 1.807) is 6.92 Å². The minimum atomic E-state index is -4.49. The highest BCUT2D eigenvalue weighted by Gasteiger charge is 2.54. The summed E-state index contributed by atoms with van der Waals surface area (Å²) in [5.74, 6) is 1.55. The summed E-state index contributed by atoms with van der Waals surface area (Å²) in [7, 11) is 2.64. The summed E-state index contributed by atoms with van der Waals surface area (Å²) in [6.07, 6.45) is 0.307. The van der Waals surface area contributed by atoms with Crippen LogP contribution in [0.2, 0.25) is 0 Å². The molecule has 6 nitrogen and oxygen atoms in total. The lowest BCUT2D eigenvalue weighted by molar-refractivity contribution is -0.259. The highest BCUT2D eigenvalue weighted by Crippen LogP contribution is 2.53. The topological polar surface area (TPSA) is 93.1 Å². The van der Waals surface area contributed by atoms with Crippen molar-refractivity contribution in [1.29, 1.82) is 0 Å². The number of hydrogen-bond acceptors (Lipinski definition) is 6. The van der Waals surface area contributed by atoms with E-state index in [1.807, 2.05) is 0 Å². The Labute approximate surface area is 250 Å². The summed E-state index contributed by atoms with van der Waals surface area (Å²) in [6.45, 7) is 9.91. The van der Waals surface area contributed by atoms with Crippen molar-refractivity contribution in [1.82, 2.24) is 0 Å². The SMILES string of the molecule is C=C(C)C(=O)OC.C=CC(=O)OC.CC(O)(CC1CC2CCC1C2)C(F)(F)F.CC(O)(CC1CC2CCC1C2)C(F)(F)F. The first-order chi connectivity index (χ1) is 19.6. The normalized spacial score (nSPS) is 29.7. The van der Waals surface area contributed by atoms with Gasteiger partial charge in [0.15, 0.2) is 11.2 Å². The predicted octanol–water partition coefficient (Wildman–Crippen LogP) is 7.33. The average Bonchev–Trinajstić information content (AvgIpc) is 3.70. The Morgan fingerprint density at radius 1 is 0.767 bits per heavy atom. The minimum absolute atomic E-state index is 0.0837. The maximum Gasteiger partial charge on any atom is 0.416 e. The van der Waals surface area contributed by atoms with Gasteiger partial charge in [0.1, 0.15) is 0 Å². The molecule has 12 heteroatoms. The Bertz CT molecular complexity index is 890. The zero-order valence-corrected chi connectivity index (χ0v) is 25.8. The average molecular weight is 631 g/mol. The number of carbonyl (C=O) groups is 2. The van der Waals surface area contributed by atoms with E-state index in [2.05, 4.69) is 22.6 Å². The molecule has 0 radical (unpaired) electrons. The van der Waals surface area contributed by atoms with E-state index in [4.69, 9.17) is 0 Å². The molecule has 0 saturated heterocycles. The lowest BCUT2D eigenvalue weighted by Gasteiger charge is -2.32. The molecule has 4 saturated carbocycles. The zero-order valence-electron chi connectivity index (χ0n) is 25.8. The Morgan fingerprint density at radius 2 is 1.14 bits per heavy atom. The van der Waals surface area contributed by atoms with Crippen LogP contribution >= 0.6 is 0 Å². The van der Waals surface area contributed by atoms with Crippen LogP contribution < -0.4 is 0 Å². The summed E-state index contributed by atoms with van der Waals surface area (Å²) >= 11 is 0. The van der Waals surface area contributed by atoms with Gasteiger partial charge in [-0.3, -0.25) is 0 Å². The first-order valence-electron chi connectivity index (χ1n) is 14.6. The second-order valence-electron chi connectivity index (χ2n) is 12.8. The van der Waals surface area contributed by atoms with Gasteiger partial charge < -0.3 is 19.7 Å². The summed E-state index contributed by atoms with van der Waals surface area (Å²) in [6, 6.07) is 0. The molecule has 250 valence electrons. The van der Waals surface area contributed by atoms with E-state index in [1.165, 1.54) is 27.1 Å². The second-order valence-corrected chi connectivity index (χ2v) is 12.8. The number of rotatable bonds is 6. The van der Waals surface area contributed by atoms with Crippen LogP contribution in [0, 0.1) is 35.5 Å². The van der Waals surface area contributed by atoms with Crippen LogP contribution in [-0.2, 0) is 19.1 Å². The molecule has 2 N–H and O–H groups in total. The molecule has 0 aliphatic heterocycles. The van der Waals surface area contributed by atoms with Gasteiger partial charge in [-0.25, -0.2) is 9.59 Å². The van der Waals surface area contributed by atoms with Crippen molar-refractivity contribution < 1.29 is 55.6 Å². The van der Waals surface area contributed by atoms with E-state index >= 15 is 0 Å². The van der Waals surface area contributed by atoms with Gasteiger partial charge in [-0.15, -0.1) is 0 Å². The molecule has 0 spiro atoms. The fraction of sp³-hybridized carbons (Fsp3) is 0.806. The number of fused-ring (bicyclic) bond motifs is 4. The van der Waals surface area contributed by atoms with Gasteiger partial charge >= 0.3 is 24.3 Å². The van der Waals surface area contributed by atoms with Crippen molar-refractivity contribution in [2.24, 2.45) is 35.5 Å². The van der Waals surface area contributed by atoms with Gasteiger partial charge in [0.2, 0.25) is 0 Å². The van der Waals surface area contributed by atoms with E-state index in [0.29, 0.717) is 29.2 Å².